The minimum absolute atomic E-state index is 0.895. The lowest BCUT2D eigenvalue weighted by Gasteiger charge is -2.31. The van der Waals surface area contributed by atoms with Crippen molar-refractivity contribution in [1.82, 2.24) is 10.2 Å². The molecule has 2 aliphatic rings. The molecule has 0 aromatic heterocycles. The fourth-order valence-corrected chi connectivity index (χ4v) is 2.57. The first kappa shape index (κ1) is 11.4. The monoisotopic (exact) mass is 212 g/mol. The highest BCUT2D eigenvalue weighted by Gasteiger charge is 2.17. The van der Waals surface area contributed by atoms with Gasteiger partial charge in [0.2, 0.25) is 0 Å². The summed E-state index contributed by atoms with van der Waals surface area (Å²) in [4.78, 5) is 2.66. The van der Waals surface area contributed by atoms with Gasteiger partial charge >= 0.3 is 0 Å². The van der Waals surface area contributed by atoms with Crippen LogP contribution in [0.3, 0.4) is 0 Å². The predicted octanol–water partition coefficient (Wildman–Crippen LogP) is 1.10. The number of nitrogens with one attached hydrogen (secondary N) is 1. The molecule has 0 unspecified atom stereocenters. The van der Waals surface area contributed by atoms with E-state index in [1.165, 1.54) is 58.4 Å². The number of nitrogens with zero attached hydrogens (tertiary/aromatic N) is 1. The van der Waals surface area contributed by atoms with Crippen LogP contribution in [0.15, 0.2) is 0 Å². The number of hydrogen-bond donors (Lipinski definition) is 1. The van der Waals surface area contributed by atoms with Gasteiger partial charge in [0, 0.05) is 19.8 Å². The standard InChI is InChI=1S/C12H24N2O/c1-5-13-6-2-8-14(7-1)11-12-3-9-15-10-4-12/h12-13H,1-11H2. The molecule has 3 nitrogen and oxygen atoms in total. The van der Waals surface area contributed by atoms with E-state index >= 15 is 0 Å². The Morgan fingerprint density at radius 2 is 1.73 bits per heavy atom. The van der Waals surface area contributed by atoms with Crippen LogP contribution in [0.4, 0.5) is 0 Å². The topological polar surface area (TPSA) is 24.5 Å². The second kappa shape index (κ2) is 6.46. The SMILES string of the molecule is C1CNCCCN(CC2CCOCC2)C1. The minimum atomic E-state index is 0.895. The summed E-state index contributed by atoms with van der Waals surface area (Å²) in [6.45, 7) is 8.24. The number of rotatable bonds is 2. The van der Waals surface area contributed by atoms with Crippen molar-refractivity contribution in [1.29, 1.82) is 0 Å². The molecule has 0 atom stereocenters. The lowest BCUT2D eigenvalue weighted by atomic mass is 9.99. The normalized spacial score (nSPS) is 27.2. The Morgan fingerprint density at radius 3 is 2.40 bits per heavy atom. The van der Waals surface area contributed by atoms with Crippen LogP contribution in [0.1, 0.15) is 25.7 Å². The van der Waals surface area contributed by atoms with Gasteiger partial charge in [0.1, 0.15) is 0 Å². The van der Waals surface area contributed by atoms with E-state index in [-0.39, 0.29) is 0 Å². The van der Waals surface area contributed by atoms with Gasteiger partial charge in [-0.3, -0.25) is 0 Å². The molecular formula is C12H24N2O. The largest absolute Gasteiger partial charge is 0.381 e. The minimum Gasteiger partial charge on any atom is -0.381 e. The summed E-state index contributed by atoms with van der Waals surface area (Å²) >= 11 is 0. The molecule has 0 aromatic carbocycles. The van der Waals surface area contributed by atoms with E-state index in [0.717, 1.165) is 19.1 Å². The van der Waals surface area contributed by atoms with Gasteiger partial charge in [-0.15, -0.1) is 0 Å². The van der Waals surface area contributed by atoms with E-state index in [2.05, 4.69) is 10.2 Å². The Labute approximate surface area is 93.2 Å². The Balaban J connectivity index is 1.70. The molecule has 15 heavy (non-hydrogen) atoms. The van der Waals surface area contributed by atoms with Gasteiger partial charge in [-0.25, -0.2) is 0 Å². The maximum Gasteiger partial charge on any atom is 0.0469 e. The maximum atomic E-state index is 5.41. The van der Waals surface area contributed by atoms with Crippen molar-refractivity contribution >= 4 is 0 Å². The molecule has 2 aliphatic heterocycles. The third kappa shape index (κ3) is 4.09. The van der Waals surface area contributed by atoms with Gasteiger partial charge in [0.25, 0.3) is 0 Å². The number of hydrogen-bond acceptors (Lipinski definition) is 3. The predicted molar refractivity (Wildman–Crippen MR) is 62.1 cm³/mol. The molecule has 0 radical (unpaired) electrons. The van der Waals surface area contributed by atoms with Crippen molar-refractivity contribution in [3.8, 4) is 0 Å². The molecule has 0 saturated carbocycles. The van der Waals surface area contributed by atoms with Crippen molar-refractivity contribution in [2.75, 3.05) is 45.9 Å². The summed E-state index contributed by atoms with van der Waals surface area (Å²) in [6.07, 6.45) is 5.16. The smallest absolute Gasteiger partial charge is 0.0469 e. The van der Waals surface area contributed by atoms with Crippen molar-refractivity contribution in [2.45, 2.75) is 25.7 Å². The summed E-state index contributed by atoms with van der Waals surface area (Å²) in [7, 11) is 0. The second-order valence-corrected chi connectivity index (χ2v) is 4.81. The lowest BCUT2D eigenvalue weighted by Crippen LogP contribution is -2.38. The molecule has 0 aromatic rings. The van der Waals surface area contributed by atoms with Gasteiger partial charge < -0.3 is 15.0 Å². The van der Waals surface area contributed by atoms with E-state index in [9.17, 15) is 0 Å². The molecular weight excluding hydrogens is 188 g/mol. The van der Waals surface area contributed by atoms with Crippen LogP contribution in [-0.2, 0) is 4.74 Å². The molecule has 0 bridgehead atoms. The Morgan fingerprint density at radius 1 is 1.07 bits per heavy atom. The first-order valence-electron chi connectivity index (χ1n) is 6.46. The van der Waals surface area contributed by atoms with Gasteiger partial charge in [0.15, 0.2) is 0 Å². The molecule has 2 fully saturated rings. The lowest BCUT2D eigenvalue weighted by molar-refractivity contribution is 0.0516. The van der Waals surface area contributed by atoms with Gasteiger partial charge in [-0.05, 0) is 57.8 Å². The average Bonchev–Trinajstić information content (AvgIpc) is 2.23. The van der Waals surface area contributed by atoms with E-state index in [1.807, 2.05) is 0 Å². The van der Waals surface area contributed by atoms with Crippen LogP contribution in [-0.4, -0.2) is 50.8 Å². The van der Waals surface area contributed by atoms with Crippen LogP contribution in [0, 0.1) is 5.92 Å². The third-order valence-corrected chi connectivity index (χ3v) is 3.51. The zero-order chi connectivity index (χ0) is 10.3. The quantitative estimate of drug-likeness (QED) is 0.742. The van der Waals surface area contributed by atoms with Crippen LogP contribution in [0.5, 0.6) is 0 Å². The van der Waals surface area contributed by atoms with Gasteiger partial charge in [-0.1, -0.05) is 0 Å². The summed E-state index contributed by atoms with van der Waals surface area (Å²) in [5, 5.41) is 3.46. The fourth-order valence-electron chi connectivity index (χ4n) is 2.57. The first-order valence-corrected chi connectivity index (χ1v) is 6.46. The average molecular weight is 212 g/mol. The van der Waals surface area contributed by atoms with Crippen LogP contribution < -0.4 is 5.32 Å². The summed E-state index contributed by atoms with van der Waals surface area (Å²) in [6, 6.07) is 0. The third-order valence-electron chi connectivity index (χ3n) is 3.51. The van der Waals surface area contributed by atoms with Crippen molar-refractivity contribution < 1.29 is 4.74 Å². The van der Waals surface area contributed by atoms with Gasteiger partial charge in [0.05, 0.1) is 0 Å². The van der Waals surface area contributed by atoms with Crippen molar-refractivity contribution in [3.05, 3.63) is 0 Å². The van der Waals surface area contributed by atoms with Crippen molar-refractivity contribution in [2.24, 2.45) is 5.92 Å². The molecule has 3 heteroatoms. The summed E-state index contributed by atoms with van der Waals surface area (Å²) in [5.41, 5.74) is 0. The zero-order valence-corrected chi connectivity index (χ0v) is 9.71. The molecule has 2 saturated heterocycles. The highest BCUT2D eigenvalue weighted by molar-refractivity contribution is 4.71. The number of ether oxygens (including phenoxy) is 1. The first-order chi connectivity index (χ1) is 7.45. The Bertz CT molecular complexity index is 161. The van der Waals surface area contributed by atoms with E-state index in [1.54, 1.807) is 0 Å². The molecule has 2 heterocycles. The van der Waals surface area contributed by atoms with E-state index in [0.29, 0.717) is 0 Å². The van der Waals surface area contributed by atoms with Crippen LogP contribution in [0.2, 0.25) is 0 Å². The van der Waals surface area contributed by atoms with Crippen LogP contribution >= 0.6 is 0 Å². The van der Waals surface area contributed by atoms with E-state index < -0.39 is 0 Å². The summed E-state index contributed by atoms with van der Waals surface area (Å²) < 4.78 is 5.41. The summed E-state index contributed by atoms with van der Waals surface area (Å²) in [5.74, 6) is 0.895. The molecule has 2 rings (SSSR count). The van der Waals surface area contributed by atoms with Crippen molar-refractivity contribution in [3.63, 3.8) is 0 Å². The Hall–Kier alpha value is -0.120. The molecule has 0 amide bonds. The molecule has 88 valence electrons. The molecule has 0 spiro atoms. The maximum absolute atomic E-state index is 5.41. The molecule has 0 aliphatic carbocycles. The van der Waals surface area contributed by atoms with Gasteiger partial charge in [-0.2, -0.15) is 0 Å². The highest BCUT2D eigenvalue weighted by Crippen LogP contribution is 2.16. The van der Waals surface area contributed by atoms with Crippen LogP contribution in [0.25, 0.3) is 0 Å². The fraction of sp³-hybridized carbons (Fsp3) is 1.00. The highest BCUT2D eigenvalue weighted by atomic mass is 16.5. The Kier molecular flexibility index (Phi) is 4.90. The zero-order valence-electron chi connectivity index (χ0n) is 9.71. The van der Waals surface area contributed by atoms with E-state index in [4.69, 9.17) is 4.74 Å². The second-order valence-electron chi connectivity index (χ2n) is 4.81. The molecule has 1 N–H and O–H groups in total.